The molecular weight excluding hydrogens is 353 g/mol. The van der Waals surface area contributed by atoms with Gasteiger partial charge in [0.1, 0.15) is 10.6 Å². The zero-order valence-electron chi connectivity index (χ0n) is 14.7. The van der Waals surface area contributed by atoms with Gasteiger partial charge in [0.15, 0.2) is 0 Å². The van der Waals surface area contributed by atoms with Crippen molar-refractivity contribution in [1.82, 2.24) is 14.9 Å². The number of halogens is 1. The largest absolute Gasteiger partial charge is 0.347 e. The number of thiophene rings is 1. The van der Waals surface area contributed by atoms with Crippen LogP contribution in [0.25, 0.3) is 10.2 Å². The molecule has 0 saturated heterocycles. The molecule has 0 aliphatic heterocycles. The van der Waals surface area contributed by atoms with Crippen LogP contribution in [0.15, 0.2) is 35.4 Å². The van der Waals surface area contributed by atoms with Crippen LogP contribution in [0.1, 0.15) is 40.6 Å². The van der Waals surface area contributed by atoms with Gasteiger partial charge >= 0.3 is 0 Å². The van der Waals surface area contributed by atoms with E-state index < -0.39 is 0 Å². The van der Waals surface area contributed by atoms with E-state index in [1.807, 2.05) is 0 Å². The Morgan fingerprint density at radius 1 is 1.35 bits per heavy atom. The highest BCUT2D eigenvalue weighted by atomic mass is 32.1. The Morgan fingerprint density at radius 3 is 2.85 bits per heavy atom. The number of rotatable bonds is 6. The highest BCUT2D eigenvalue weighted by Gasteiger charge is 2.19. The van der Waals surface area contributed by atoms with Crippen molar-refractivity contribution >= 4 is 27.5 Å². The van der Waals surface area contributed by atoms with E-state index in [4.69, 9.17) is 0 Å². The second kappa shape index (κ2) is 7.78. The second-order valence-corrected chi connectivity index (χ2v) is 7.11. The van der Waals surface area contributed by atoms with Gasteiger partial charge in [-0.05, 0) is 25.0 Å². The number of nitrogens with zero attached hydrogens (tertiary/aromatic N) is 2. The van der Waals surface area contributed by atoms with Crippen LogP contribution in [0.2, 0.25) is 0 Å². The van der Waals surface area contributed by atoms with Crippen molar-refractivity contribution in [1.29, 1.82) is 0 Å². The molecule has 1 amide bonds. The van der Waals surface area contributed by atoms with Crippen molar-refractivity contribution in [2.75, 3.05) is 0 Å². The molecule has 136 valence electrons. The van der Waals surface area contributed by atoms with Crippen molar-refractivity contribution in [2.24, 2.45) is 0 Å². The molecule has 0 aliphatic carbocycles. The maximum absolute atomic E-state index is 13.7. The van der Waals surface area contributed by atoms with Gasteiger partial charge in [0.25, 0.3) is 11.5 Å². The summed E-state index contributed by atoms with van der Waals surface area (Å²) in [4.78, 5) is 30.5. The van der Waals surface area contributed by atoms with Crippen LogP contribution in [0.5, 0.6) is 0 Å². The average Bonchev–Trinajstić information content (AvgIpc) is 2.98. The number of hydrogen-bond donors (Lipinski definition) is 1. The molecule has 5 nitrogen and oxygen atoms in total. The lowest BCUT2D eigenvalue weighted by atomic mass is 10.2. The highest BCUT2D eigenvalue weighted by Crippen LogP contribution is 2.26. The van der Waals surface area contributed by atoms with E-state index in [9.17, 15) is 14.0 Å². The van der Waals surface area contributed by atoms with Gasteiger partial charge in [0.2, 0.25) is 0 Å². The third-order valence-corrected chi connectivity index (χ3v) is 5.47. The van der Waals surface area contributed by atoms with E-state index in [1.54, 1.807) is 29.7 Å². The van der Waals surface area contributed by atoms with Crippen LogP contribution in [0.3, 0.4) is 0 Å². The average molecular weight is 373 g/mol. The minimum absolute atomic E-state index is 0.0906. The SMILES string of the molecule is CCCCn1cnc2sc(C(=O)NCc3ccccc3F)c(C)c2c1=O. The summed E-state index contributed by atoms with van der Waals surface area (Å²) in [5.41, 5.74) is 0.921. The lowest BCUT2D eigenvalue weighted by Gasteiger charge is -2.06. The van der Waals surface area contributed by atoms with Crippen LogP contribution in [-0.2, 0) is 13.1 Å². The molecule has 0 atom stereocenters. The Bertz CT molecular complexity index is 1010. The summed E-state index contributed by atoms with van der Waals surface area (Å²) in [5, 5.41) is 3.21. The lowest BCUT2D eigenvalue weighted by molar-refractivity contribution is 0.0954. The fourth-order valence-electron chi connectivity index (χ4n) is 2.76. The van der Waals surface area contributed by atoms with E-state index in [2.05, 4.69) is 17.2 Å². The molecule has 26 heavy (non-hydrogen) atoms. The minimum atomic E-state index is -0.360. The van der Waals surface area contributed by atoms with E-state index in [0.717, 1.165) is 12.8 Å². The number of fused-ring (bicyclic) bond motifs is 1. The fourth-order valence-corrected chi connectivity index (χ4v) is 3.82. The van der Waals surface area contributed by atoms with Gasteiger partial charge in [-0.15, -0.1) is 11.3 Å². The van der Waals surface area contributed by atoms with E-state index in [0.29, 0.717) is 32.8 Å². The Kier molecular flexibility index (Phi) is 5.46. The van der Waals surface area contributed by atoms with E-state index >= 15 is 0 Å². The van der Waals surface area contributed by atoms with Crippen molar-refractivity contribution in [3.63, 3.8) is 0 Å². The number of carbonyl (C=O) groups is 1. The van der Waals surface area contributed by atoms with E-state index in [-0.39, 0.29) is 23.8 Å². The quantitative estimate of drug-likeness (QED) is 0.718. The van der Waals surface area contributed by atoms with Crippen molar-refractivity contribution in [3.05, 3.63) is 62.8 Å². The fraction of sp³-hybridized carbons (Fsp3) is 0.316. The number of carbonyl (C=O) groups excluding carboxylic acids is 1. The summed E-state index contributed by atoms with van der Waals surface area (Å²) in [7, 11) is 0. The molecule has 0 saturated carbocycles. The smallest absolute Gasteiger partial charge is 0.262 e. The summed E-state index contributed by atoms with van der Waals surface area (Å²) < 4.78 is 15.3. The van der Waals surface area contributed by atoms with Gasteiger partial charge < -0.3 is 5.32 Å². The second-order valence-electron chi connectivity index (χ2n) is 6.11. The standard InChI is InChI=1S/C19H20FN3O2S/c1-3-4-9-23-11-22-18-15(19(23)25)12(2)16(26-18)17(24)21-10-13-7-5-6-8-14(13)20/h5-8,11H,3-4,9-10H2,1-2H3,(H,21,24). The Balaban J connectivity index is 1.87. The zero-order chi connectivity index (χ0) is 18.7. The molecular formula is C19H20FN3O2S. The van der Waals surface area contributed by atoms with Crippen LogP contribution >= 0.6 is 11.3 Å². The number of unbranched alkanes of at least 4 members (excludes halogenated alkanes) is 1. The highest BCUT2D eigenvalue weighted by molar-refractivity contribution is 7.20. The first-order valence-corrected chi connectivity index (χ1v) is 9.34. The molecule has 7 heteroatoms. The first kappa shape index (κ1) is 18.3. The van der Waals surface area contributed by atoms with Gasteiger partial charge in [-0.1, -0.05) is 31.5 Å². The molecule has 1 aromatic carbocycles. The van der Waals surface area contributed by atoms with Crippen molar-refractivity contribution in [3.8, 4) is 0 Å². The number of hydrogen-bond acceptors (Lipinski definition) is 4. The van der Waals surface area contributed by atoms with Crippen molar-refractivity contribution < 1.29 is 9.18 Å². The van der Waals surface area contributed by atoms with Gasteiger partial charge in [-0.3, -0.25) is 14.2 Å². The first-order chi connectivity index (χ1) is 12.5. The number of aryl methyl sites for hydroxylation is 2. The number of aromatic nitrogens is 2. The number of amides is 1. The summed E-state index contributed by atoms with van der Waals surface area (Å²) in [6.45, 7) is 4.52. The predicted octanol–water partition coefficient (Wildman–Crippen LogP) is 3.64. The molecule has 1 N–H and O–H groups in total. The molecule has 0 aliphatic rings. The molecule has 0 radical (unpaired) electrons. The summed E-state index contributed by atoms with van der Waals surface area (Å²) in [5.74, 6) is -0.686. The van der Waals surface area contributed by atoms with Crippen LogP contribution < -0.4 is 10.9 Å². The third-order valence-electron chi connectivity index (χ3n) is 4.27. The Labute approximate surface area is 154 Å². The van der Waals surface area contributed by atoms with Gasteiger partial charge in [0, 0.05) is 18.7 Å². The van der Waals surface area contributed by atoms with Gasteiger partial charge in [-0.25, -0.2) is 9.37 Å². The van der Waals surface area contributed by atoms with Gasteiger partial charge in [0.05, 0.1) is 16.6 Å². The van der Waals surface area contributed by atoms with E-state index in [1.165, 1.54) is 23.7 Å². The zero-order valence-corrected chi connectivity index (χ0v) is 15.5. The first-order valence-electron chi connectivity index (χ1n) is 8.53. The van der Waals surface area contributed by atoms with Crippen LogP contribution in [0.4, 0.5) is 4.39 Å². The van der Waals surface area contributed by atoms with Gasteiger partial charge in [-0.2, -0.15) is 0 Å². The molecule has 0 fully saturated rings. The third kappa shape index (κ3) is 3.53. The molecule has 0 spiro atoms. The lowest BCUT2D eigenvalue weighted by Crippen LogP contribution is -2.23. The molecule has 0 unspecified atom stereocenters. The summed E-state index contributed by atoms with van der Waals surface area (Å²) in [6.07, 6.45) is 3.42. The summed E-state index contributed by atoms with van der Waals surface area (Å²) in [6, 6.07) is 6.31. The maximum atomic E-state index is 13.7. The Hall–Kier alpha value is -2.54. The minimum Gasteiger partial charge on any atom is -0.347 e. The predicted molar refractivity (Wildman–Crippen MR) is 101 cm³/mol. The number of benzene rings is 1. The topological polar surface area (TPSA) is 64.0 Å². The molecule has 3 aromatic rings. The monoisotopic (exact) mass is 373 g/mol. The summed E-state index contributed by atoms with van der Waals surface area (Å²) >= 11 is 1.19. The maximum Gasteiger partial charge on any atom is 0.262 e. The Morgan fingerprint density at radius 2 is 2.12 bits per heavy atom. The van der Waals surface area contributed by atoms with Crippen molar-refractivity contribution in [2.45, 2.75) is 39.8 Å². The molecule has 3 rings (SSSR count). The van der Waals surface area contributed by atoms with Crippen LogP contribution in [-0.4, -0.2) is 15.5 Å². The molecule has 2 heterocycles. The number of nitrogens with one attached hydrogen (secondary N) is 1. The molecule has 2 aromatic heterocycles. The molecule has 0 bridgehead atoms. The normalized spacial score (nSPS) is 11.0. The van der Waals surface area contributed by atoms with Crippen LogP contribution in [0, 0.1) is 12.7 Å².